The van der Waals surface area contributed by atoms with Gasteiger partial charge in [0.25, 0.3) is 0 Å². The molecular weight excluding hydrogens is 944 g/mol. The number of carbonyl (C=O) groups is 4. The maximum absolute atomic E-state index is 11.6. The van der Waals surface area contributed by atoms with Gasteiger partial charge in [-0.3, -0.25) is 19.2 Å². The number of nitrogens with one attached hydrogen (secondary N) is 3. The van der Waals surface area contributed by atoms with E-state index in [4.69, 9.17) is 25.7 Å². The first kappa shape index (κ1) is 45.2. The molecule has 0 aliphatic heterocycles. The molecule has 12 nitrogen and oxygen atoms in total. The van der Waals surface area contributed by atoms with Crippen LogP contribution in [0.1, 0.15) is 63.8 Å². The number of benzene rings is 2. The molecule has 2 amide bonds. The van der Waals surface area contributed by atoms with Crippen molar-refractivity contribution in [1.82, 2.24) is 10.6 Å². The summed E-state index contributed by atoms with van der Waals surface area (Å²) < 4.78 is 11.2. The van der Waals surface area contributed by atoms with Gasteiger partial charge >= 0.3 is 0 Å². The third-order valence-electron chi connectivity index (χ3n) is 5.67. The van der Waals surface area contributed by atoms with Crippen molar-refractivity contribution in [3.63, 3.8) is 0 Å². The van der Waals surface area contributed by atoms with Crippen molar-refractivity contribution in [2.75, 3.05) is 20.3 Å². The van der Waals surface area contributed by atoms with Crippen LogP contribution in [0, 0.1) is 22.7 Å². The third kappa shape index (κ3) is 17.5. The van der Waals surface area contributed by atoms with Gasteiger partial charge in [-0.1, -0.05) is 13.8 Å². The first-order valence-corrected chi connectivity index (χ1v) is 13.8. The van der Waals surface area contributed by atoms with Gasteiger partial charge in [0.1, 0.15) is 11.5 Å². The Kier molecular flexibility index (Phi) is 22.5. The zero-order valence-corrected chi connectivity index (χ0v) is 33.2. The van der Waals surface area contributed by atoms with Crippen molar-refractivity contribution >= 4 is 35.5 Å². The summed E-state index contributed by atoms with van der Waals surface area (Å²) in [5.74, 6) is -0.393. The van der Waals surface area contributed by atoms with E-state index in [2.05, 4.69) is 16.0 Å². The Morgan fingerprint density at radius 1 is 0.787 bits per heavy atom. The summed E-state index contributed by atoms with van der Waals surface area (Å²) in [6, 6.07) is 13.3. The molecule has 3 N–H and O–H groups in total. The Balaban J connectivity index is 0. The number of ketones is 2. The van der Waals surface area contributed by atoms with Crippen LogP contribution >= 0.6 is 0 Å². The number of ether oxygens (including phenoxy) is 2. The van der Waals surface area contributed by atoms with Crippen LogP contribution in [0.15, 0.2) is 47.8 Å². The summed E-state index contributed by atoms with van der Waals surface area (Å²) in [6.45, 7) is 9.45. The fraction of sp³-hybridized carbons (Fsp3) is 0.333. The molecule has 14 heteroatoms. The second-order valence-electron chi connectivity index (χ2n) is 9.95. The van der Waals surface area contributed by atoms with Crippen molar-refractivity contribution in [2.24, 2.45) is 0 Å². The Bertz CT molecular complexity index is 1540. The molecule has 2 unspecified atom stereocenters. The Morgan fingerprint density at radius 3 is 1.47 bits per heavy atom. The summed E-state index contributed by atoms with van der Waals surface area (Å²) >= 11 is 0. The number of hydrogen-bond donors (Lipinski definition) is 2. The van der Waals surface area contributed by atoms with E-state index < -0.39 is 6.04 Å². The summed E-state index contributed by atoms with van der Waals surface area (Å²) in [6.07, 6.45) is 3.03. The molecule has 2 aromatic rings. The van der Waals surface area contributed by atoms with Crippen LogP contribution in [0.25, 0.3) is 23.2 Å². The number of nitriles is 2. The van der Waals surface area contributed by atoms with Crippen molar-refractivity contribution in [2.45, 2.75) is 53.6 Å². The van der Waals surface area contributed by atoms with Gasteiger partial charge in [-0.15, -0.1) is 12.1 Å². The first-order valence-electron chi connectivity index (χ1n) is 13.8. The minimum absolute atomic E-state index is 0. The van der Waals surface area contributed by atoms with Crippen molar-refractivity contribution in [3.8, 4) is 23.6 Å². The van der Waals surface area contributed by atoms with Gasteiger partial charge in [-0.05, 0) is 48.6 Å². The minimum atomic E-state index is -0.426. The van der Waals surface area contributed by atoms with Crippen LogP contribution in [0.5, 0.6) is 11.5 Å². The fourth-order valence-electron chi connectivity index (χ4n) is 3.34. The van der Waals surface area contributed by atoms with E-state index in [1.165, 1.54) is 39.8 Å². The quantitative estimate of drug-likeness (QED) is 0.266. The second-order valence-corrected chi connectivity index (χ2v) is 9.95. The number of nitrogens with zero attached hydrogens (tertiary/aromatic N) is 3. The van der Waals surface area contributed by atoms with Crippen molar-refractivity contribution in [1.29, 1.82) is 10.5 Å². The van der Waals surface area contributed by atoms with Crippen molar-refractivity contribution in [3.05, 3.63) is 81.1 Å². The van der Waals surface area contributed by atoms with E-state index in [-0.39, 0.29) is 89.6 Å². The number of allylic oxidation sites excluding steroid dienone is 2. The molecule has 0 aliphatic carbocycles. The number of amides is 2. The van der Waals surface area contributed by atoms with E-state index >= 15 is 0 Å². The summed E-state index contributed by atoms with van der Waals surface area (Å²) in [4.78, 5) is 45.6. The zero-order chi connectivity index (χ0) is 34.1. The zero-order valence-electron chi connectivity index (χ0n) is 27.3. The molecular formula is C33H38N6O6W2-2. The van der Waals surface area contributed by atoms with E-state index in [1.807, 2.05) is 19.1 Å². The van der Waals surface area contributed by atoms with Crippen molar-refractivity contribution < 1.29 is 70.8 Å². The Morgan fingerprint density at radius 2 is 1.17 bits per heavy atom. The number of rotatable bonds is 13. The van der Waals surface area contributed by atoms with Gasteiger partial charge in [0.2, 0.25) is 11.8 Å². The molecule has 0 radical (unpaired) electrons. The summed E-state index contributed by atoms with van der Waals surface area (Å²) in [5.41, 5.74) is 9.80. The van der Waals surface area contributed by atoms with Gasteiger partial charge in [-0.25, -0.2) is 0 Å². The molecule has 250 valence electrons. The van der Waals surface area contributed by atoms with Crippen LogP contribution < -0.4 is 20.1 Å². The largest absolute Gasteiger partial charge is 0.672 e. The molecule has 2 aromatic carbocycles. The van der Waals surface area contributed by atoms with Gasteiger partial charge in [0, 0.05) is 81.0 Å². The van der Waals surface area contributed by atoms with Gasteiger partial charge in [0.15, 0.2) is 11.6 Å². The molecule has 0 aromatic heterocycles. The summed E-state index contributed by atoms with van der Waals surface area (Å²) in [5, 5.41) is 27.0. The summed E-state index contributed by atoms with van der Waals surface area (Å²) in [7, 11) is 1.70. The Labute approximate surface area is 304 Å². The van der Waals surface area contributed by atoms with Crippen LogP contribution in [-0.4, -0.2) is 55.7 Å². The van der Waals surface area contributed by atoms with Crippen LogP contribution in [0.2, 0.25) is 0 Å². The molecule has 0 fully saturated rings. The van der Waals surface area contributed by atoms with Crippen LogP contribution in [0.4, 0.5) is 0 Å². The van der Waals surface area contributed by atoms with E-state index in [0.717, 1.165) is 0 Å². The predicted molar refractivity (Wildman–Crippen MR) is 171 cm³/mol. The maximum Gasteiger partial charge on any atom is 0.221 e. The molecule has 0 bridgehead atoms. The second kappa shape index (κ2) is 23.4. The van der Waals surface area contributed by atoms with E-state index in [0.29, 0.717) is 40.4 Å². The topological polar surface area (TPSA) is 196 Å². The normalized spacial score (nSPS) is 11.7. The number of carbonyl (C=O) groups excluding carboxylic acids is 4. The number of Topliss-reactive ketones (excluding diaryl/α,β-unsaturated/α-hetero) is 2. The first-order chi connectivity index (χ1) is 21.2. The minimum Gasteiger partial charge on any atom is -0.672 e. The molecule has 2 atom stereocenters. The van der Waals surface area contributed by atoms with E-state index in [9.17, 15) is 19.2 Å². The van der Waals surface area contributed by atoms with E-state index in [1.54, 1.807) is 50.4 Å². The number of likely N-dealkylation sites (N-methyl/N-ethyl adjacent to an activating group) is 1. The van der Waals surface area contributed by atoms with Gasteiger partial charge in [-0.2, -0.15) is 17.6 Å². The standard InChI is InChI=1S/C17H20N3O3.C16H18N3O3.2W/c1-11(19-4)10-23-17-7-14(9-18)5-6-15(17)8-16(12(2)21)20-13(3)22;1-10(18)9-22-16-6-13(8-17)4-5-14(16)7-15(11(2)20)19-12(3)21;;/h5-8,11H,10H2,1-4H3,(H,20,22);4-7,10,18H,9H2,1-3H3,(H,19,21);;/q2*-1;;/b16-8-;15-7-;;. The average molecular weight is 982 g/mol. The smallest absolute Gasteiger partial charge is 0.221 e. The molecule has 0 aliphatic rings. The molecule has 0 heterocycles. The van der Waals surface area contributed by atoms with Gasteiger partial charge < -0.3 is 31.2 Å². The maximum atomic E-state index is 11.6. The molecule has 0 saturated carbocycles. The third-order valence-corrected chi connectivity index (χ3v) is 5.67. The molecule has 47 heavy (non-hydrogen) atoms. The fourth-order valence-corrected chi connectivity index (χ4v) is 3.34. The molecule has 0 spiro atoms. The van der Waals surface area contributed by atoms with Crippen LogP contribution in [-0.2, 0) is 61.3 Å². The Hall–Kier alpha value is -3.92. The average Bonchev–Trinajstić information content (AvgIpc) is 2.98. The number of hydrogen-bond acceptors (Lipinski definition) is 8. The molecule has 2 rings (SSSR count). The monoisotopic (exact) mass is 982 g/mol. The molecule has 0 saturated heterocycles. The predicted octanol–water partition coefficient (Wildman–Crippen LogP) is 4.83. The van der Waals surface area contributed by atoms with Gasteiger partial charge in [0.05, 0.1) is 47.9 Å². The van der Waals surface area contributed by atoms with Crippen LogP contribution in [0.3, 0.4) is 0 Å². The SMILES string of the molecule is CC(=O)N/C(=C\c1ccc(C#N)cc1OCC(C)[NH-])C(C)=O.C[N-]C(C)COc1cc(C#N)ccc1/C=C(\NC(C)=O)C(C)=O.[W].[W].